The molecule has 0 unspecified atom stereocenters. The standard InChI is InChI=1S/C19H13FN2OS/c20-15-5-1-12(2-6-15)17-18(14-9-10-24-11-14)22-19(21-17)13-3-7-16(23)8-4-13/h1-11,23H,(H,21,22). The fraction of sp³-hybridized carbons (Fsp3) is 0. The summed E-state index contributed by atoms with van der Waals surface area (Å²) in [6, 6.07) is 15.2. The van der Waals surface area contributed by atoms with Crippen molar-refractivity contribution in [3.8, 4) is 39.7 Å². The number of hydrogen-bond acceptors (Lipinski definition) is 3. The van der Waals surface area contributed by atoms with Crippen molar-refractivity contribution in [2.24, 2.45) is 0 Å². The van der Waals surface area contributed by atoms with Crippen LogP contribution >= 0.6 is 11.3 Å². The zero-order valence-electron chi connectivity index (χ0n) is 12.5. The van der Waals surface area contributed by atoms with Crippen LogP contribution in [0, 0.1) is 5.82 Å². The van der Waals surface area contributed by atoms with Gasteiger partial charge in [-0.3, -0.25) is 0 Å². The predicted molar refractivity (Wildman–Crippen MR) is 94.4 cm³/mol. The summed E-state index contributed by atoms with van der Waals surface area (Å²) in [7, 11) is 0. The highest BCUT2D eigenvalue weighted by Crippen LogP contribution is 2.34. The number of benzene rings is 2. The van der Waals surface area contributed by atoms with Crippen molar-refractivity contribution in [1.82, 2.24) is 9.97 Å². The zero-order valence-corrected chi connectivity index (χ0v) is 13.3. The summed E-state index contributed by atoms with van der Waals surface area (Å²) >= 11 is 1.61. The third kappa shape index (κ3) is 2.70. The Morgan fingerprint density at radius 3 is 2.25 bits per heavy atom. The fourth-order valence-corrected chi connectivity index (χ4v) is 3.21. The van der Waals surface area contributed by atoms with Crippen molar-refractivity contribution in [2.75, 3.05) is 0 Å². The van der Waals surface area contributed by atoms with Gasteiger partial charge in [-0.1, -0.05) is 0 Å². The minimum Gasteiger partial charge on any atom is -0.508 e. The summed E-state index contributed by atoms with van der Waals surface area (Å²) < 4.78 is 13.2. The van der Waals surface area contributed by atoms with E-state index in [1.54, 1.807) is 47.7 Å². The quantitative estimate of drug-likeness (QED) is 0.532. The van der Waals surface area contributed by atoms with Gasteiger partial charge >= 0.3 is 0 Å². The average Bonchev–Trinajstić information content (AvgIpc) is 3.25. The second kappa shape index (κ2) is 5.94. The molecule has 0 bridgehead atoms. The second-order valence-electron chi connectivity index (χ2n) is 5.37. The molecule has 0 radical (unpaired) electrons. The highest BCUT2D eigenvalue weighted by Gasteiger charge is 2.15. The van der Waals surface area contributed by atoms with Crippen molar-refractivity contribution < 1.29 is 9.50 Å². The van der Waals surface area contributed by atoms with Gasteiger partial charge in [-0.15, -0.1) is 0 Å². The molecule has 0 spiro atoms. The number of imidazole rings is 1. The van der Waals surface area contributed by atoms with Gasteiger partial charge in [0.2, 0.25) is 0 Å². The highest BCUT2D eigenvalue weighted by molar-refractivity contribution is 7.08. The Hall–Kier alpha value is -2.92. The number of H-pyrrole nitrogens is 1. The molecule has 0 saturated carbocycles. The van der Waals surface area contributed by atoms with E-state index in [0.717, 1.165) is 28.1 Å². The van der Waals surface area contributed by atoms with E-state index >= 15 is 0 Å². The largest absolute Gasteiger partial charge is 0.508 e. The molecular formula is C19H13FN2OS. The lowest BCUT2D eigenvalue weighted by atomic mass is 10.1. The normalized spacial score (nSPS) is 10.9. The number of phenolic OH excluding ortho intramolecular Hbond substituents is 1. The van der Waals surface area contributed by atoms with E-state index in [-0.39, 0.29) is 11.6 Å². The number of nitrogens with zero attached hydrogens (tertiary/aromatic N) is 1. The van der Waals surface area contributed by atoms with Crippen molar-refractivity contribution in [2.45, 2.75) is 0 Å². The molecule has 2 heterocycles. The molecule has 4 rings (SSSR count). The van der Waals surface area contributed by atoms with Gasteiger partial charge in [-0.05, 0) is 60.0 Å². The van der Waals surface area contributed by atoms with Gasteiger partial charge in [0, 0.05) is 22.1 Å². The third-order valence-electron chi connectivity index (χ3n) is 3.77. The highest BCUT2D eigenvalue weighted by atomic mass is 32.1. The number of thiophene rings is 1. The van der Waals surface area contributed by atoms with E-state index in [2.05, 4.69) is 4.98 Å². The van der Waals surface area contributed by atoms with Crippen LogP contribution in [0.4, 0.5) is 4.39 Å². The average molecular weight is 336 g/mol. The van der Waals surface area contributed by atoms with Crippen LogP contribution < -0.4 is 0 Å². The van der Waals surface area contributed by atoms with E-state index in [9.17, 15) is 9.50 Å². The number of halogens is 1. The van der Waals surface area contributed by atoms with Gasteiger partial charge in [0.1, 0.15) is 17.4 Å². The first-order valence-corrected chi connectivity index (χ1v) is 8.33. The SMILES string of the molecule is Oc1ccc(-c2nc(-c3ccc(F)cc3)c(-c3ccsc3)[nH]2)cc1. The molecule has 118 valence electrons. The lowest BCUT2D eigenvalue weighted by molar-refractivity contribution is 0.475. The minimum absolute atomic E-state index is 0.210. The first kappa shape index (κ1) is 14.7. The number of nitrogens with one attached hydrogen (secondary N) is 1. The summed E-state index contributed by atoms with van der Waals surface area (Å²) in [5.41, 5.74) is 4.43. The Morgan fingerprint density at radius 1 is 0.875 bits per heavy atom. The van der Waals surface area contributed by atoms with E-state index in [1.165, 1.54) is 12.1 Å². The molecule has 5 heteroatoms. The Bertz CT molecular complexity index is 958. The van der Waals surface area contributed by atoms with Crippen LogP contribution in [0.1, 0.15) is 0 Å². The zero-order chi connectivity index (χ0) is 16.5. The Kier molecular flexibility index (Phi) is 3.63. The maximum absolute atomic E-state index is 13.2. The fourth-order valence-electron chi connectivity index (χ4n) is 2.56. The molecule has 0 amide bonds. The van der Waals surface area contributed by atoms with Crippen molar-refractivity contribution in [3.05, 3.63) is 71.2 Å². The molecule has 4 aromatic rings. The number of phenols is 1. The molecule has 0 aliphatic carbocycles. The molecule has 0 aliphatic heterocycles. The molecule has 24 heavy (non-hydrogen) atoms. The summed E-state index contributed by atoms with van der Waals surface area (Å²) in [6.45, 7) is 0. The summed E-state index contributed by atoms with van der Waals surface area (Å²) in [6.07, 6.45) is 0. The maximum Gasteiger partial charge on any atom is 0.138 e. The number of hydrogen-bond donors (Lipinski definition) is 2. The lowest BCUT2D eigenvalue weighted by Crippen LogP contribution is -1.83. The van der Waals surface area contributed by atoms with E-state index in [1.807, 2.05) is 16.8 Å². The minimum atomic E-state index is -0.273. The molecule has 0 saturated heterocycles. The van der Waals surface area contributed by atoms with Crippen molar-refractivity contribution >= 4 is 11.3 Å². The molecule has 2 aromatic heterocycles. The smallest absolute Gasteiger partial charge is 0.138 e. The van der Waals surface area contributed by atoms with Gasteiger partial charge < -0.3 is 10.1 Å². The predicted octanol–water partition coefficient (Wildman–Crippen LogP) is 5.32. The first-order chi connectivity index (χ1) is 11.7. The molecule has 2 aromatic carbocycles. The molecule has 2 N–H and O–H groups in total. The van der Waals surface area contributed by atoms with Crippen LogP contribution in [-0.2, 0) is 0 Å². The molecule has 0 aliphatic rings. The van der Waals surface area contributed by atoms with Crippen LogP contribution in [0.15, 0.2) is 65.4 Å². The molecule has 0 fully saturated rings. The van der Waals surface area contributed by atoms with Crippen LogP contribution in [0.25, 0.3) is 33.9 Å². The topological polar surface area (TPSA) is 48.9 Å². The van der Waals surface area contributed by atoms with Crippen LogP contribution in [0.3, 0.4) is 0 Å². The maximum atomic E-state index is 13.2. The van der Waals surface area contributed by atoms with Crippen molar-refractivity contribution in [3.63, 3.8) is 0 Å². The van der Waals surface area contributed by atoms with Crippen LogP contribution in [0.2, 0.25) is 0 Å². The number of aromatic hydroxyl groups is 1. The van der Waals surface area contributed by atoms with Gasteiger partial charge in [0.05, 0.1) is 11.4 Å². The Labute approximate surface area is 142 Å². The third-order valence-corrected chi connectivity index (χ3v) is 4.46. The lowest BCUT2D eigenvalue weighted by Gasteiger charge is -2.00. The second-order valence-corrected chi connectivity index (χ2v) is 6.15. The van der Waals surface area contributed by atoms with Crippen molar-refractivity contribution in [1.29, 1.82) is 0 Å². The summed E-state index contributed by atoms with van der Waals surface area (Å²) in [4.78, 5) is 8.06. The number of aromatic nitrogens is 2. The van der Waals surface area contributed by atoms with Crippen LogP contribution in [0.5, 0.6) is 5.75 Å². The monoisotopic (exact) mass is 336 g/mol. The summed E-state index contributed by atoms with van der Waals surface area (Å²) in [5.74, 6) is 0.641. The van der Waals surface area contributed by atoms with Gasteiger partial charge in [0.15, 0.2) is 0 Å². The van der Waals surface area contributed by atoms with E-state index in [4.69, 9.17) is 4.98 Å². The first-order valence-electron chi connectivity index (χ1n) is 7.38. The summed E-state index contributed by atoms with van der Waals surface area (Å²) in [5, 5.41) is 13.5. The molecular weight excluding hydrogens is 323 g/mol. The molecule has 3 nitrogen and oxygen atoms in total. The number of rotatable bonds is 3. The van der Waals surface area contributed by atoms with Crippen LogP contribution in [-0.4, -0.2) is 15.1 Å². The Morgan fingerprint density at radius 2 is 1.58 bits per heavy atom. The van der Waals surface area contributed by atoms with Gasteiger partial charge in [-0.25, -0.2) is 9.37 Å². The van der Waals surface area contributed by atoms with Gasteiger partial charge in [0.25, 0.3) is 0 Å². The molecule has 0 atom stereocenters. The number of aromatic amines is 1. The van der Waals surface area contributed by atoms with Gasteiger partial charge in [-0.2, -0.15) is 11.3 Å². The Balaban J connectivity index is 1.87. The van der Waals surface area contributed by atoms with E-state index in [0.29, 0.717) is 5.82 Å². The van der Waals surface area contributed by atoms with E-state index < -0.39 is 0 Å².